The van der Waals surface area contributed by atoms with Crippen molar-refractivity contribution >= 4 is 5.91 Å². The summed E-state index contributed by atoms with van der Waals surface area (Å²) in [5, 5.41) is 11.0. The summed E-state index contributed by atoms with van der Waals surface area (Å²) in [6.07, 6.45) is 2.13. The van der Waals surface area contributed by atoms with Gasteiger partial charge in [-0.2, -0.15) is 0 Å². The number of carbonyl (C=O) groups excluding carboxylic acids is 1. The number of nitrogens with one attached hydrogen (secondary N) is 1. The van der Waals surface area contributed by atoms with E-state index in [1.54, 1.807) is 4.68 Å². The molecule has 274 valence electrons. The van der Waals surface area contributed by atoms with Crippen LogP contribution in [-0.4, -0.2) is 160 Å². The summed E-state index contributed by atoms with van der Waals surface area (Å²) in [4.78, 5) is 11.9. The molecule has 1 heterocycles. The maximum atomic E-state index is 11.9. The lowest BCUT2D eigenvalue weighted by Crippen LogP contribution is -2.28. The van der Waals surface area contributed by atoms with Gasteiger partial charge < -0.3 is 58.4 Å². The van der Waals surface area contributed by atoms with Crippen LogP contribution >= 0.6 is 0 Å². The molecule has 0 spiro atoms. The second kappa shape index (κ2) is 31.6. The molecule has 2 rings (SSSR count). The number of hydrogen-bond acceptors (Lipinski definition) is 14. The summed E-state index contributed by atoms with van der Waals surface area (Å²) in [5.74, 6) is -0.0880. The molecule has 0 aliphatic heterocycles. The maximum Gasteiger partial charge on any atom is 0.222 e. The largest absolute Gasteiger partial charge is 0.379 e. The van der Waals surface area contributed by atoms with E-state index in [1.807, 2.05) is 36.5 Å². The van der Waals surface area contributed by atoms with Crippen LogP contribution in [-0.2, 0) is 58.8 Å². The Labute approximate surface area is 283 Å². The van der Waals surface area contributed by atoms with Crippen molar-refractivity contribution < 1.29 is 52.2 Å². The van der Waals surface area contributed by atoms with Crippen LogP contribution in [0.2, 0.25) is 0 Å². The van der Waals surface area contributed by atoms with E-state index < -0.39 is 0 Å². The van der Waals surface area contributed by atoms with E-state index in [9.17, 15) is 4.79 Å². The number of para-hydroxylation sites is 1. The molecule has 0 bridgehead atoms. The lowest BCUT2D eigenvalue weighted by Gasteiger charge is -2.09. The summed E-state index contributed by atoms with van der Waals surface area (Å²) >= 11 is 0. The fourth-order valence-corrected chi connectivity index (χ4v) is 3.71. The van der Waals surface area contributed by atoms with Crippen molar-refractivity contribution in [3.8, 4) is 5.69 Å². The van der Waals surface area contributed by atoms with Crippen molar-refractivity contribution in [1.82, 2.24) is 20.3 Å². The number of benzene rings is 1. The molecule has 16 heteroatoms. The van der Waals surface area contributed by atoms with Gasteiger partial charge in [0.1, 0.15) is 5.69 Å². The highest BCUT2D eigenvalue weighted by Gasteiger charge is 2.03. The number of nitrogens with two attached hydrogens (primary N) is 1. The van der Waals surface area contributed by atoms with Gasteiger partial charge in [0.25, 0.3) is 0 Å². The lowest BCUT2D eigenvalue weighted by molar-refractivity contribution is -0.122. The van der Waals surface area contributed by atoms with Crippen molar-refractivity contribution in [3.63, 3.8) is 0 Å². The molecule has 3 N–H and O–H groups in total. The van der Waals surface area contributed by atoms with Crippen molar-refractivity contribution in [2.45, 2.75) is 13.0 Å². The molecule has 0 aliphatic carbocycles. The van der Waals surface area contributed by atoms with Crippen LogP contribution in [0, 0.1) is 0 Å². The number of aromatic nitrogens is 3. The summed E-state index contributed by atoms with van der Waals surface area (Å²) < 4.78 is 56.1. The van der Waals surface area contributed by atoms with Gasteiger partial charge in [-0.3, -0.25) is 4.79 Å². The Morgan fingerprint density at radius 3 is 1.52 bits per heavy atom. The molecule has 1 aromatic heterocycles. The smallest absolute Gasteiger partial charge is 0.222 e. The Bertz CT molecular complexity index is 990. The molecule has 0 saturated carbocycles. The SMILES string of the molecule is NCCOCCOCCOCCOCCOCCNC(=O)CCOCCOCCOCCOCCOCc1cn(-c2ccccc2)nn1. The Morgan fingerprint density at radius 1 is 0.583 bits per heavy atom. The Kier molecular flexibility index (Phi) is 27.4. The Morgan fingerprint density at radius 2 is 1.02 bits per heavy atom. The normalized spacial score (nSPS) is 11.4. The second-order valence-electron chi connectivity index (χ2n) is 9.94. The Balaban J connectivity index is 1.20. The zero-order valence-electron chi connectivity index (χ0n) is 28.1. The first-order valence-electron chi connectivity index (χ1n) is 16.5. The highest BCUT2D eigenvalue weighted by Crippen LogP contribution is 2.06. The van der Waals surface area contributed by atoms with Crippen molar-refractivity contribution in [2.24, 2.45) is 5.73 Å². The molecular formula is C32H55N5O11. The topological polar surface area (TPSA) is 178 Å². The van der Waals surface area contributed by atoms with Crippen LogP contribution in [0.3, 0.4) is 0 Å². The van der Waals surface area contributed by atoms with Crippen LogP contribution in [0.15, 0.2) is 36.5 Å². The van der Waals surface area contributed by atoms with Gasteiger partial charge in [0.15, 0.2) is 0 Å². The number of ether oxygens (including phenoxy) is 10. The molecule has 0 atom stereocenters. The molecule has 16 nitrogen and oxygen atoms in total. The average Bonchev–Trinajstić information content (AvgIpc) is 3.59. The third-order valence-corrected chi connectivity index (χ3v) is 6.09. The van der Waals surface area contributed by atoms with Gasteiger partial charge >= 0.3 is 0 Å². The van der Waals surface area contributed by atoms with Crippen LogP contribution in [0.25, 0.3) is 5.69 Å². The molecule has 0 fully saturated rings. The molecule has 0 unspecified atom stereocenters. The number of hydrogen-bond donors (Lipinski definition) is 2. The second-order valence-corrected chi connectivity index (χ2v) is 9.94. The third-order valence-electron chi connectivity index (χ3n) is 6.09. The molecule has 0 aliphatic rings. The van der Waals surface area contributed by atoms with Gasteiger partial charge in [-0.05, 0) is 12.1 Å². The number of amides is 1. The van der Waals surface area contributed by atoms with E-state index in [1.165, 1.54) is 0 Å². The van der Waals surface area contributed by atoms with Gasteiger partial charge in [-0.15, -0.1) is 5.10 Å². The minimum absolute atomic E-state index is 0.0880. The van der Waals surface area contributed by atoms with Crippen molar-refractivity contribution in [3.05, 3.63) is 42.2 Å². The van der Waals surface area contributed by atoms with E-state index in [2.05, 4.69) is 15.6 Å². The first-order chi connectivity index (χ1) is 23.8. The van der Waals surface area contributed by atoms with Crippen LogP contribution in [0.4, 0.5) is 0 Å². The van der Waals surface area contributed by atoms with Crippen LogP contribution in [0.5, 0.6) is 0 Å². The Hall–Kier alpha value is -2.61. The van der Waals surface area contributed by atoms with Gasteiger partial charge in [0.05, 0.1) is 144 Å². The molecule has 48 heavy (non-hydrogen) atoms. The fraction of sp³-hybridized carbons (Fsp3) is 0.719. The third kappa shape index (κ3) is 24.5. The average molecular weight is 686 g/mol. The van der Waals surface area contributed by atoms with Crippen molar-refractivity contribution in [2.75, 3.05) is 139 Å². The predicted molar refractivity (Wildman–Crippen MR) is 175 cm³/mol. The van der Waals surface area contributed by atoms with Gasteiger partial charge in [-0.25, -0.2) is 4.68 Å². The maximum absolute atomic E-state index is 11.9. The first kappa shape index (κ1) is 41.6. The fourth-order valence-electron chi connectivity index (χ4n) is 3.71. The van der Waals surface area contributed by atoms with E-state index in [4.69, 9.17) is 53.1 Å². The first-order valence-corrected chi connectivity index (χ1v) is 16.5. The van der Waals surface area contributed by atoms with Crippen LogP contribution in [0.1, 0.15) is 12.1 Å². The molecule has 1 aromatic carbocycles. The molecule has 0 saturated heterocycles. The van der Waals surface area contributed by atoms with E-state index in [0.29, 0.717) is 145 Å². The van der Waals surface area contributed by atoms with E-state index >= 15 is 0 Å². The lowest BCUT2D eigenvalue weighted by atomic mass is 10.3. The molecule has 1 amide bonds. The standard InChI is InChI=1S/C32H55N5O11/c33-7-10-40-13-16-43-19-22-45-23-20-44-17-14-41-11-8-34-32(38)6-9-39-12-15-42-18-21-46-24-25-47-26-27-48-29-30-28-37(36-35-30)31-4-2-1-3-5-31/h1-5,28H,6-27,29,33H2,(H,34,38). The zero-order valence-corrected chi connectivity index (χ0v) is 28.1. The molecule has 0 radical (unpaired) electrons. The molecule has 2 aromatic rings. The van der Waals surface area contributed by atoms with Gasteiger partial charge in [0.2, 0.25) is 5.91 Å². The summed E-state index contributed by atoms with van der Waals surface area (Å²) in [5.41, 5.74) is 7.04. The summed E-state index contributed by atoms with van der Waals surface area (Å²) in [6.45, 7) is 10.2. The van der Waals surface area contributed by atoms with E-state index in [-0.39, 0.29) is 12.3 Å². The monoisotopic (exact) mass is 685 g/mol. The number of rotatable bonds is 35. The number of carbonyl (C=O) groups is 1. The highest BCUT2D eigenvalue weighted by atomic mass is 16.6. The predicted octanol–water partition coefficient (Wildman–Crippen LogP) is 0.398. The highest BCUT2D eigenvalue weighted by molar-refractivity contribution is 5.75. The minimum atomic E-state index is -0.0880. The molecular weight excluding hydrogens is 630 g/mol. The van der Waals surface area contributed by atoms with Gasteiger partial charge in [0, 0.05) is 19.5 Å². The van der Waals surface area contributed by atoms with Crippen LogP contribution < -0.4 is 11.1 Å². The minimum Gasteiger partial charge on any atom is -0.379 e. The van der Waals surface area contributed by atoms with Crippen molar-refractivity contribution in [1.29, 1.82) is 0 Å². The summed E-state index contributed by atoms with van der Waals surface area (Å²) in [6, 6.07) is 9.79. The van der Waals surface area contributed by atoms with E-state index in [0.717, 1.165) is 11.4 Å². The zero-order chi connectivity index (χ0) is 34.0. The number of nitrogens with zero attached hydrogens (tertiary/aromatic N) is 3. The summed E-state index contributed by atoms with van der Waals surface area (Å²) in [7, 11) is 0. The van der Waals surface area contributed by atoms with Gasteiger partial charge in [-0.1, -0.05) is 23.4 Å². The quantitative estimate of drug-likeness (QED) is 0.0953.